The molecule has 0 amide bonds. The van der Waals surface area contributed by atoms with E-state index in [1.165, 1.54) is 12.8 Å². The molecule has 2 fully saturated rings. The van der Waals surface area contributed by atoms with Gasteiger partial charge in [0.2, 0.25) is 0 Å². The van der Waals surface area contributed by atoms with E-state index in [0.717, 1.165) is 19.6 Å². The van der Waals surface area contributed by atoms with Gasteiger partial charge in [0.25, 0.3) is 0 Å². The smallest absolute Gasteiger partial charge is 0.107 e. The summed E-state index contributed by atoms with van der Waals surface area (Å²) in [6.07, 6.45) is 4.74. The topological polar surface area (TPSA) is 59.8 Å². The van der Waals surface area contributed by atoms with Crippen molar-refractivity contribution in [2.45, 2.75) is 69.9 Å². The first-order chi connectivity index (χ1) is 8.10. The Labute approximate surface area is 104 Å². The van der Waals surface area contributed by atoms with Crippen molar-refractivity contribution >= 4 is 0 Å². The van der Waals surface area contributed by atoms with Crippen LogP contribution in [0.2, 0.25) is 0 Å². The fourth-order valence-electron chi connectivity index (χ4n) is 2.57. The van der Waals surface area contributed by atoms with E-state index in [1.807, 2.05) is 0 Å². The number of unbranched alkanes of at least 4 members (excludes halogenated alkanes) is 1. The summed E-state index contributed by atoms with van der Waals surface area (Å²) < 4.78 is 11.1. The van der Waals surface area contributed by atoms with E-state index in [-0.39, 0.29) is 5.54 Å². The number of epoxide rings is 1. The highest BCUT2D eigenvalue weighted by Crippen LogP contribution is 2.59. The first-order valence-corrected chi connectivity index (χ1v) is 6.85. The summed E-state index contributed by atoms with van der Waals surface area (Å²) >= 11 is 0. The molecule has 0 bridgehead atoms. The molecule has 2 aliphatic rings. The zero-order valence-corrected chi connectivity index (χ0v) is 11.2. The highest BCUT2D eigenvalue weighted by molar-refractivity contribution is 5.32. The first kappa shape index (κ1) is 13.3. The van der Waals surface area contributed by atoms with Crippen LogP contribution in [0.25, 0.3) is 0 Å². The molecule has 0 aromatic rings. The minimum atomic E-state index is 0.259. The predicted molar refractivity (Wildman–Crippen MR) is 68.0 cm³/mol. The third kappa shape index (κ3) is 2.99. The number of nitrogens with one attached hydrogen (secondary N) is 1. The van der Waals surface area contributed by atoms with Crippen molar-refractivity contribution in [1.82, 2.24) is 5.32 Å². The molecule has 3 atom stereocenters. The molecule has 1 saturated heterocycles. The molecule has 3 N–H and O–H groups in total. The first-order valence-electron chi connectivity index (χ1n) is 6.85. The van der Waals surface area contributed by atoms with Gasteiger partial charge in [-0.2, -0.15) is 0 Å². The van der Waals surface area contributed by atoms with E-state index in [9.17, 15) is 0 Å². The van der Waals surface area contributed by atoms with Crippen LogP contribution in [0.5, 0.6) is 0 Å². The largest absolute Gasteiger partial charge is 0.377 e. The predicted octanol–water partition coefficient (Wildman–Crippen LogP) is 1.04. The van der Waals surface area contributed by atoms with Crippen LogP contribution < -0.4 is 11.1 Å². The number of hydrogen-bond donors (Lipinski definition) is 2. The number of ether oxygens (including phenoxy) is 2. The summed E-state index contributed by atoms with van der Waals surface area (Å²) in [5.41, 5.74) is 5.79. The molecular weight excluding hydrogens is 216 g/mol. The molecule has 100 valence electrons. The van der Waals surface area contributed by atoms with Gasteiger partial charge in [-0.3, -0.25) is 0 Å². The Kier molecular flexibility index (Phi) is 4.08. The highest BCUT2D eigenvalue weighted by atomic mass is 16.6. The molecule has 2 rings (SSSR count). The second-order valence-electron chi connectivity index (χ2n) is 5.69. The van der Waals surface area contributed by atoms with Gasteiger partial charge in [-0.25, -0.2) is 0 Å². The lowest BCUT2D eigenvalue weighted by Gasteiger charge is -2.27. The van der Waals surface area contributed by atoms with Crippen LogP contribution in [0.15, 0.2) is 0 Å². The summed E-state index contributed by atoms with van der Waals surface area (Å²) in [5.74, 6) is 0. The Bertz CT molecular complexity index is 250. The maximum Gasteiger partial charge on any atom is 0.107 e. The van der Waals surface area contributed by atoms with Crippen molar-refractivity contribution in [3.63, 3.8) is 0 Å². The van der Waals surface area contributed by atoms with Crippen molar-refractivity contribution in [3.8, 4) is 0 Å². The second-order valence-corrected chi connectivity index (χ2v) is 5.69. The van der Waals surface area contributed by atoms with Crippen LogP contribution in [0, 0.1) is 0 Å². The van der Waals surface area contributed by atoms with Crippen LogP contribution in [-0.2, 0) is 9.47 Å². The monoisotopic (exact) mass is 242 g/mol. The average Bonchev–Trinajstić information content (AvgIpc) is 3.14. The lowest BCUT2D eigenvalue weighted by molar-refractivity contribution is 0.0491. The zero-order valence-electron chi connectivity index (χ0n) is 11.2. The Morgan fingerprint density at radius 1 is 1.29 bits per heavy atom. The molecule has 17 heavy (non-hydrogen) atoms. The molecule has 0 radical (unpaired) electrons. The van der Waals surface area contributed by atoms with Crippen LogP contribution in [0.3, 0.4) is 0 Å². The minimum absolute atomic E-state index is 0.259. The van der Waals surface area contributed by atoms with Gasteiger partial charge < -0.3 is 20.5 Å². The third-order valence-electron chi connectivity index (χ3n) is 3.64. The van der Waals surface area contributed by atoms with Crippen LogP contribution in [0.4, 0.5) is 0 Å². The standard InChI is InChI=1S/C13H26N2O2/c1-9(2)16-8-10(3)15-13(6-4-5-7-14)11-12(13)17-11/h9-12,15H,4-8,14H2,1-3H3. The maximum atomic E-state index is 5.63. The van der Waals surface area contributed by atoms with E-state index >= 15 is 0 Å². The van der Waals surface area contributed by atoms with Gasteiger partial charge >= 0.3 is 0 Å². The van der Waals surface area contributed by atoms with Crippen LogP contribution >= 0.6 is 0 Å². The molecule has 1 saturated carbocycles. The summed E-state index contributed by atoms with van der Waals surface area (Å²) in [6.45, 7) is 7.89. The highest BCUT2D eigenvalue weighted by Gasteiger charge is 2.79. The average molecular weight is 242 g/mol. The van der Waals surface area contributed by atoms with Crippen LogP contribution in [0.1, 0.15) is 40.0 Å². The van der Waals surface area contributed by atoms with Gasteiger partial charge in [-0.15, -0.1) is 0 Å². The Morgan fingerprint density at radius 2 is 2.00 bits per heavy atom. The van der Waals surface area contributed by atoms with E-state index < -0.39 is 0 Å². The quantitative estimate of drug-likeness (QED) is 0.468. The fourth-order valence-corrected chi connectivity index (χ4v) is 2.57. The Morgan fingerprint density at radius 3 is 2.47 bits per heavy atom. The molecule has 1 aliphatic heterocycles. The van der Waals surface area contributed by atoms with Gasteiger partial charge in [-0.05, 0) is 40.2 Å². The van der Waals surface area contributed by atoms with Crippen molar-refractivity contribution < 1.29 is 9.47 Å². The second kappa shape index (κ2) is 5.22. The number of fused-ring (bicyclic) bond motifs is 1. The molecule has 0 aromatic heterocycles. The minimum Gasteiger partial charge on any atom is -0.377 e. The molecule has 1 heterocycles. The lowest BCUT2D eigenvalue weighted by Crippen LogP contribution is -2.48. The van der Waals surface area contributed by atoms with Gasteiger partial charge in [-0.1, -0.05) is 6.42 Å². The van der Waals surface area contributed by atoms with Crippen LogP contribution in [-0.4, -0.2) is 43.0 Å². The third-order valence-corrected chi connectivity index (χ3v) is 3.64. The fraction of sp³-hybridized carbons (Fsp3) is 1.00. The zero-order chi connectivity index (χ0) is 12.5. The van der Waals surface area contributed by atoms with Gasteiger partial charge in [0.05, 0.1) is 18.2 Å². The Hall–Kier alpha value is -0.160. The summed E-state index contributed by atoms with van der Waals surface area (Å²) in [6, 6.07) is 0.395. The lowest BCUT2D eigenvalue weighted by atomic mass is 10.0. The van der Waals surface area contributed by atoms with E-state index in [4.69, 9.17) is 15.2 Å². The van der Waals surface area contributed by atoms with E-state index in [0.29, 0.717) is 24.4 Å². The molecule has 1 aliphatic carbocycles. The van der Waals surface area contributed by atoms with Crippen molar-refractivity contribution in [2.24, 2.45) is 5.73 Å². The van der Waals surface area contributed by atoms with E-state index in [1.54, 1.807) is 0 Å². The Balaban J connectivity index is 1.69. The van der Waals surface area contributed by atoms with Crippen molar-refractivity contribution in [2.75, 3.05) is 13.2 Å². The molecular formula is C13H26N2O2. The number of nitrogens with two attached hydrogens (primary N) is 1. The van der Waals surface area contributed by atoms with Gasteiger partial charge in [0.1, 0.15) is 12.2 Å². The van der Waals surface area contributed by atoms with Crippen molar-refractivity contribution in [3.05, 3.63) is 0 Å². The summed E-state index contributed by atoms with van der Waals surface area (Å²) in [7, 11) is 0. The van der Waals surface area contributed by atoms with Gasteiger partial charge in [0.15, 0.2) is 0 Å². The number of hydrogen-bond acceptors (Lipinski definition) is 4. The maximum absolute atomic E-state index is 5.63. The van der Waals surface area contributed by atoms with Crippen molar-refractivity contribution in [1.29, 1.82) is 0 Å². The molecule has 3 unspecified atom stereocenters. The SMILES string of the molecule is CC(COC(C)C)NC1(CCCCN)C2OC21. The molecule has 4 nitrogen and oxygen atoms in total. The summed E-state index contributed by atoms with van der Waals surface area (Å²) in [5, 5.41) is 3.69. The van der Waals surface area contributed by atoms with E-state index in [2.05, 4.69) is 26.1 Å². The molecule has 0 aromatic carbocycles. The normalized spacial score (nSPS) is 35.8. The summed E-state index contributed by atoms with van der Waals surface area (Å²) in [4.78, 5) is 0. The number of rotatable bonds is 9. The van der Waals surface area contributed by atoms with Gasteiger partial charge in [0, 0.05) is 6.04 Å². The molecule has 4 heteroatoms. The molecule has 0 spiro atoms.